The molecule has 1 aromatic heterocycles. The van der Waals surface area contributed by atoms with Gasteiger partial charge in [0.05, 0.1) is 12.6 Å². The Kier molecular flexibility index (Phi) is 4.13. The molecule has 0 aromatic carbocycles. The first-order valence-corrected chi connectivity index (χ1v) is 5.53. The molecule has 0 spiro atoms. The molecule has 7 heteroatoms. The Morgan fingerprint density at radius 1 is 1.60 bits per heavy atom. The third-order valence-electron chi connectivity index (χ3n) is 1.51. The minimum atomic E-state index is -4.30. The summed E-state index contributed by atoms with van der Waals surface area (Å²) in [5, 5.41) is 12.6. The molecule has 0 radical (unpaired) electrons. The SMILES string of the molecule is N#CC(NCC(F)(F)F)c1cc(Br)cs1. The van der Waals surface area contributed by atoms with Gasteiger partial charge >= 0.3 is 6.18 Å². The van der Waals surface area contributed by atoms with Gasteiger partial charge in [-0.3, -0.25) is 5.32 Å². The van der Waals surface area contributed by atoms with Gasteiger partial charge in [0.1, 0.15) is 6.04 Å². The van der Waals surface area contributed by atoms with Crippen molar-refractivity contribution in [2.75, 3.05) is 6.54 Å². The van der Waals surface area contributed by atoms with Crippen molar-refractivity contribution >= 4 is 27.3 Å². The summed E-state index contributed by atoms with van der Waals surface area (Å²) in [7, 11) is 0. The van der Waals surface area contributed by atoms with E-state index in [0.717, 1.165) is 4.47 Å². The lowest BCUT2D eigenvalue weighted by Gasteiger charge is -2.11. The van der Waals surface area contributed by atoms with E-state index >= 15 is 0 Å². The lowest BCUT2D eigenvalue weighted by molar-refractivity contribution is -0.125. The van der Waals surface area contributed by atoms with Crippen LogP contribution in [0.1, 0.15) is 10.9 Å². The van der Waals surface area contributed by atoms with E-state index in [2.05, 4.69) is 21.2 Å². The van der Waals surface area contributed by atoms with Crippen molar-refractivity contribution in [1.82, 2.24) is 5.32 Å². The molecule has 82 valence electrons. The second-order valence-electron chi connectivity index (χ2n) is 2.73. The molecule has 1 unspecified atom stereocenters. The number of hydrogen-bond donors (Lipinski definition) is 1. The van der Waals surface area contributed by atoms with Crippen LogP contribution >= 0.6 is 27.3 Å². The number of hydrogen-bond acceptors (Lipinski definition) is 3. The van der Waals surface area contributed by atoms with Gasteiger partial charge < -0.3 is 0 Å². The molecule has 1 heterocycles. The van der Waals surface area contributed by atoms with E-state index in [9.17, 15) is 13.2 Å². The Hall–Kier alpha value is -0.580. The molecular weight excluding hydrogens is 293 g/mol. The Labute approximate surface area is 96.8 Å². The van der Waals surface area contributed by atoms with Crippen molar-refractivity contribution in [1.29, 1.82) is 5.26 Å². The van der Waals surface area contributed by atoms with Crippen LogP contribution in [0.5, 0.6) is 0 Å². The van der Waals surface area contributed by atoms with E-state index in [-0.39, 0.29) is 0 Å². The standard InChI is InChI=1S/C8H6BrF3N2S/c9-5-1-7(15-3-5)6(2-13)14-4-8(10,11)12/h1,3,6,14H,4H2. The topological polar surface area (TPSA) is 35.8 Å². The fourth-order valence-corrected chi connectivity index (χ4v) is 2.37. The fraction of sp³-hybridized carbons (Fsp3) is 0.375. The van der Waals surface area contributed by atoms with Crippen LogP contribution in [-0.4, -0.2) is 12.7 Å². The number of rotatable bonds is 3. The van der Waals surface area contributed by atoms with Crippen LogP contribution in [0.15, 0.2) is 15.9 Å². The normalized spacial score (nSPS) is 13.5. The van der Waals surface area contributed by atoms with Crippen molar-refractivity contribution in [2.24, 2.45) is 0 Å². The first-order valence-electron chi connectivity index (χ1n) is 3.86. The van der Waals surface area contributed by atoms with E-state index in [0.29, 0.717) is 4.88 Å². The van der Waals surface area contributed by atoms with Crippen molar-refractivity contribution in [3.63, 3.8) is 0 Å². The molecule has 2 nitrogen and oxygen atoms in total. The average Bonchev–Trinajstić information content (AvgIpc) is 2.51. The summed E-state index contributed by atoms with van der Waals surface area (Å²) in [6.45, 7) is -1.17. The highest BCUT2D eigenvalue weighted by Gasteiger charge is 2.28. The van der Waals surface area contributed by atoms with Gasteiger partial charge in [0, 0.05) is 14.7 Å². The highest BCUT2D eigenvalue weighted by molar-refractivity contribution is 9.10. The zero-order chi connectivity index (χ0) is 11.5. The van der Waals surface area contributed by atoms with Gasteiger partial charge in [0.15, 0.2) is 0 Å². The summed E-state index contributed by atoms with van der Waals surface area (Å²) in [5.41, 5.74) is 0. The molecule has 1 aromatic rings. The molecule has 15 heavy (non-hydrogen) atoms. The molecule has 0 aliphatic heterocycles. The summed E-state index contributed by atoms with van der Waals surface area (Å²) < 4.78 is 36.4. The van der Waals surface area contributed by atoms with E-state index < -0.39 is 18.8 Å². The van der Waals surface area contributed by atoms with Crippen LogP contribution in [0.25, 0.3) is 0 Å². The van der Waals surface area contributed by atoms with Crippen LogP contribution in [0.3, 0.4) is 0 Å². The number of nitrogens with zero attached hydrogens (tertiary/aromatic N) is 1. The Balaban J connectivity index is 2.62. The maximum Gasteiger partial charge on any atom is 0.401 e. The van der Waals surface area contributed by atoms with Gasteiger partial charge in [0.2, 0.25) is 0 Å². The van der Waals surface area contributed by atoms with E-state index in [1.165, 1.54) is 11.3 Å². The lowest BCUT2D eigenvalue weighted by Crippen LogP contribution is -2.31. The number of halogens is 4. The molecule has 0 amide bonds. The maximum absolute atomic E-state index is 11.9. The minimum absolute atomic E-state index is 0.564. The van der Waals surface area contributed by atoms with E-state index in [1.54, 1.807) is 17.5 Å². The van der Waals surface area contributed by atoms with Crippen LogP contribution in [-0.2, 0) is 0 Å². The van der Waals surface area contributed by atoms with Gasteiger partial charge in [-0.15, -0.1) is 11.3 Å². The third-order valence-corrected chi connectivity index (χ3v) is 3.27. The summed E-state index contributed by atoms with van der Waals surface area (Å²) in [5.74, 6) is 0. The monoisotopic (exact) mass is 298 g/mol. The van der Waals surface area contributed by atoms with Crippen molar-refractivity contribution in [2.45, 2.75) is 12.2 Å². The molecule has 1 N–H and O–H groups in total. The number of alkyl halides is 3. The maximum atomic E-state index is 11.9. The largest absolute Gasteiger partial charge is 0.401 e. The Bertz CT molecular complexity index is 369. The van der Waals surface area contributed by atoms with Gasteiger partial charge in [-0.05, 0) is 22.0 Å². The molecule has 0 bridgehead atoms. The van der Waals surface area contributed by atoms with Gasteiger partial charge in [0.25, 0.3) is 0 Å². The first kappa shape index (κ1) is 12.5. The zero-order valence-corrected chi connectivity index (χ0v) is 9.71. The fourth-order valence-electron chi connectivity index (χ4n) is 0.907. The molecule has 0 aliphatic rings. The number of thiophene rings is 1. The second-order valence-corrected chi connectivity index (χ2v) is 4.58. The van der Waals surface area contributed by atoms with Crippen LogP contribution in [0.4, 0.5) is 13.2 Å². The van der Waals surface area contributed by atoms with Crippen molar-refractivity contribution < 1.29 is 13.2 Å². The second kappa shape index (κ2) is 4.96. The van der Waals surface area contributed by atoms with Crippen LogP contribution in [0.2, 0.25) is 0 Å². The summed E-state index contributed by atoms with van der Waals surface area (Å²) in [6, 6.07) is 2.50. The molecule has 1 rings (SSSR count). The van der Waals surface area contributed by atoms with Crippen LogP contribution < -0.4 is 5.32 Å². The van der Waals surface area contributed by atoms with Gasteiger partial charge in [-0.25, -0.2) is 0 Å². The van der Waals surface area contributed by atoms with Crippen LogP contribution in [0, 0.1) is 11.3 Å². The van der Waals surface area contributed by atoms with E-state index in [4.69, 9.17) is 5.26 Å². The molecule has 0 aliphatic carbocycles. The lowest BCUT2D eigenvalue weighted by atomic mass is 10.2. The molecule has 0 saturated heterocycles. The third kappa shape index (κ3) is 4.20. The molecule has 1 atom stereocenters. The predicted molar refractivity (Wildman–Crippen MR) is 54.4 cm³/mol. The Morgan fingerprint density at radius 2 is 2.27 bits per heavy atom. The summed E-state index contributed by atoms with van der Waals surface area (Å²) in [4.78, 5) is 0.564. The molecule has 0 fully saturated rings. The van der Waals surface area contributed by atoms with Gasteiger partial charge in [-0.1, -0.05) is 0 Å². The number of nitrogens with one attached hydrogen (secondary N) is 1. The number of nitriles is 1. The highest BCUT2D eigenvalue weighted by atomic mass is 79.9. The predicted octanol–water partition coefficient (Wildman–Crippen LogP) is 3.23. The van der Waals surface area contributed by atoms with Gasteiger partial charge in [-0.2, -0.15) is 18.4 Å². The summed E-state index contributed by atoms with van der Waals surface area (Å²) in [6.07, 6.45) is -4.30. The first-order chi connectivity index (χ1) is 6.92. The minimum Gasteiger partial charge on any atom is -0.289 e. The molecule has 0 saturated carbocycles. The smallest absolute Gasteiger partial charge is 0.289 e. The van der Waals surface area contributed by atoms with Crippen molar-refractivity contribution in [3.05, 3.63) is 20.8 Å². The average molecular weight is 299 g/mol. The Morgan fingerprint density at radius 3 is 2.67 bits per heavy atom. The van der Waals surface area contributed by atoms with Crippen molar-refractivity contribution in [3.8, 4) is 6.07 Å². The molecular formula is C8H6BrF3N2S. The van der Waals surface area contributed by atoms with E-state index in [1.807, 2.05) is 0 Å². The zero-order valence-electron chi connectivity index (χ0n) is 7.31. The quantitative estimate of drug-likeness (QED) is 0.930. The summed E-state index contributed by atoms with van der Waals surface area (Å²) >= 11 is 4.40. The highest BCUT2D eigenvalue weighted by Crippen LogP contribution is 2.26.